The normalized spacial score (nSPS) is 21.6. The lowest BCUT2D eigenvalue weighted by Crippen LogP contribution is -2.60. The van der Waals surface area contributed by atoms with E-state index < -0.39 is 49.5 Å². The van der Waals surface area contributed by atoms with Crippen molar-refractivity contribution >= 4 is 5.91 Å². The molecule has 0 saturated carbocycles. The highest BCUT2D eigenvalue weighted by Gasteiger charge is 2.44. The van der Waals surface area contributed by atoms with E-state index >= 15 is 0 Å². The minimum atomic E-state index is -1.58. The molecule has 0 aromatic carbocycles. The van der Waals surface area contributed by atoms with Gasteiger partial charge in [-0.3, -0.25) is 4.79 Å². The maximum absolute atomic E-state index is 12.9. The molecule has 0 spiro atoms. The highest BCUT2D eigenvalue weighted by atomic mass is 16.7. The summed E-state index contributed by atoms with van der Waals surface area (Å²) < 4.78 is 11.2. The van der Waals surface area contributed by atoms with Gasteiger partial charge in [-0.2, -0.15) is 0 Å². The minimum absolute atomic E-state index is 0.215. The van der Waals surface area contributed by atoms with Crippen LogP contribution in [0.3, 0.4) is 0 Å². The predicted molar refractivity (Wildman–Crippen MR) is 248 cm³/mol. The first-order chi connectivity index (χ1) is 29.3. The van der Waals surface area contributed by atoms with Gasteiger partial charge in [0.05, 0.1) is 25.4 Å². The first kappa shape index (κ1) is 54.9. The van der Waals surface area contributed by atoms with Crippen LogP contribution in [0.5, 0.6) is 0 Å². The van der Waals surface area contributed by atoms with Crippen LogP contribution in [-0.2, 0) is 14.3 Å². The van der Waals surface area contributed by atoms with E-state index in [1.165, 1.54) is 25.7 Å². The Balaban J connectivity index is 2.31. The highest BCUT2D eigenvalue weighted by Crippen LogP contribution is 2.22. The summed E-state index contributed by atoms with van der Waals surface area (Å²) in [6.07, 6.45) is 51.4. The number of hydrogen-bond donors (Lipinski definition) is 6. The number of aliphatic hydroxyl groups excluding tert-OH is 5. The van der Waals surface area contributed by atoms with Gasteiger partial charge in [0.2, 0.25) is 5.91 Å². The minimum Gasteiger partial charge on any atom is -0.394 e. The molecule has 1 aliphatic heterocycles. The van der Waals surface area contributed by atoms with Gasteiger partial charge in [0, 0.05) is 6.42 Å². The van der Waals surface area contributed by atoms with Crippen LogP contribution in [0.2, 0.25) is 0 Å². The number of hydrogen-bond acceptors (Lipinski definition) is 8. The SMILES string of the molecule is CC/C=C\C/C=C\C/C=C\C/C=C\C/C=C\C/C=C\C/C=C\CCCCCCCC(=O)NC(COC1OC(CO)C(O)C(O)C1O)C(O)/C=C/CC/C=C/CCCCCC. The Labute approximate surface area is 364 Å². The summed E-state index contributed by atoms with van der Waals surface area (Å²) in [6, 6.07) is -0.838. The van der Waals surface area contributed by atoms with Gasteiger partial charge < -0.3 is 40.3 Å². The third kappa shape index (κ3) is 30.0. The number of ether oxygens (including phenoxy) is 2. The second kappa shape index (κ2) is 40.0. The van der Waals surface area contributed by atoms with Crippen molar-refractivity contribution < 1.29 is 39.8 Å². The molecular formula is C51H83NO8. The van der Waals surface area contributed by atoms with Crippen molar-refractivity contribution in [2.45, 2.75) is 192 Å². The molecule has 7 atom stereocenters. The van der Waals surface area contributed by atoms with E-state index in [4.69, 9.17) is 9.47 Å². The molecular weight excluding hydrogens is 755 g/mol. The summed E-state index contributed by atoms with van der Waals surface area (Å²) in [5.74, 6) is -0.215. The van der Waals surface area contributed by atoms with Gasteiger partial charge in [0.25, 0.3) is 0 Å². The lowest BCUT2D eigenvalue weighted by Gasteiger charge is -2.40. The summed E-state index contributed by atoms with van der Waals surface area (Å²) in [7, 11) is 0. The number of unbranched alkanes of at least 4 members (excludes halogenated alkanes) is 10. The molecule has 6 N–H and O–H groups in total. The van der Waals surface area contributed by atoms with Crippen molar-refractivity contribution in [1.82, 2.24) is 5.32 Å². The number of aliphatic hydroxyl groups is 5. The molecule has 1 fully saturated rings. The van der Waals surface area contributed by atoms with Gasteiger partial charge in [-0.15, -0.1) is 0 Å². The number of carbonyl (C=O) groups excluding carboxylic acids is 1. The van der Waals surface area contributed by atoms with Gasteiger partial charge >= 0.3 is 0 Å². The molecule has 60 heavy (non-hydrogen) atoms. The molecule has 0 bridgehead atoms. The number of allylic oxidation sites excluding steroid dienone is 17. The quantitative estimate of drug-likeness (QED) is 0.0270. The summed E-state index contributed by atoms with van der Waals surface area (Å²) >= 11 is 0. The Morgan fingerprint density at radius 1 is 0.583 bits per heavy atom. The Kier molecular flexibility index (Phi) is 36.5. The molecule has 9 heteroatoms. The van der Waals surface area contributed by atoms with Crippen LogP contribution in [0.4, 0.5) is 0 Å². The number of rotatable bonds is 36. The van der Waals surface area contributed by atoms with E-state index in [-0.39, 0.29) is 12.5 Å². The van der Waals surface area contributed by atoms with E-state index in [2.05, 4.69) is 116 Å². The predicted octanol–water partition coefficient (Wildman–Crippen LogP) is 9.89. The number of nitrogens with one attached hydrogen (secondary N) is 1. The van der Waals surface area contributed by atoms with Crippen LogP contribution in [0.15, 0.2) is 109 Å². The van der Waals surface area contributed by atoms with Crippen LogP contribution in [0, 0.1) is 0 Å². The fraction of sp³-hybridized carbons (Fsp3) is 0.627. The average Bonchev–Trinajstić information content (AvgIpc) is 3.25. The van der Waals surface area contributed by atoms with E-state index in [1.54, 1.807) is 6.08 Å². The fourth-order valence-electron chi connectivity index (χ4n) is 6.38. The fourth-order valence-corrected chi connectivity index (χ4v) is 6.38. The molecule has 9 nitrogen and oxygen atoms in total. The molecule has 340 valence electrons. The lowest BCUT2D eigenvalue weighted by molar-refractivity contribution is -0.302. The first-order valence-corrected chi connectivity index (χ1v) is 23.1. The van der Waals surface area contributed by atoms with Gasteiger partial charge in [0.15, 0.2) is 6.29 Å². The van der Waals surface area contributed by atoms with Crippen molar-refractivity contribution in [2.75, 3.05) is 13.2 Å². The molecule has 1 aliphatic rings. The van der Waals surface area contributed by atoms with Crippen molar-refractivity contribution in [2.24, 2.45) is 0 Å². The van der Waals surface area contributed by atoms with Crippen LogP contribution in [-0.4, -0.2) is 87.5 Å². The topological polar surface area (TPSA) is 149 Å². The zero-order valence-electron chi connectivity index (χ0n) is 37.2. The standard InChI is InChI=1S/C51H83NO8/c1-3-5-7-9-11-13-15-16-17-18-19-20-21-22-23-24-25-26-27-28-29-30-31-33-35-37-39-41-47(55)52-44(43-59-51-50(58)49(57)48(56)46(42-53)60-51)45(54)40-38-36-34-32-14-12-10-8-6-4-2/h5,7,11,13-14,16-17,19-20,22-23,25-26,28-29,32,38,40,44-46,48-51,53-54,56-58H,3-4,6,8-10,12,15,18,21,24,27,30-31,33-37,39,41-43H2,1-2H3,(H,52,55)/b7-5-,13-11-,17-16-,20-19-,23-22-,26-25-,29-28-,32-14+,40-38+. The summed E-state index contributed by atoms with van der Waals surface area (Å²) in [4.78, 5) is 12.9. The van der Waals surface area contributed by atoms with Gasteiger partial charge in [-0.25, -0.2) is 0 Å². The Morgan fingerprint density at radius 2 is 1.05 bits per heavy atom. The van der Waals surface area contributed by atoms with E-state index in [1.807, 2.05) is 6.08 Å². The smallest absolute Gasteiger partial charge is 0.220 e. The largest absolute Gasteiger partial charge is 0.394 e. The maximum atomic E-state index is 12.9. The van der Waals surface area contributed by atoms with Crippen molar-refractivity contribution in [3.8, 4) is 0 Å². The molecule has 0 aliphatic carbocycles. The van der Waals surface area contributed by atoms with Crippen molar-refractivity contribution in [3.63, 3.8) is 0 Å². The molecule has 0 aromatic heterocycles. The second-order valence-corrected chi connectivity index (χ2v) is 15.5. The van der Waals surface area contributed by atoms with Gasteiger partial charge in [-0.1, -0.05) is 162 Å². The Bertz CT molecular complexity index is 1300. The van der Waals surface area contributed by atoms with E-state index in [9.17, 15) is 30.3 Å². The molecule has 0 radical (unpaired) electrons. The van der Waals surface area contributed by atoms with Crippen LogP contribution in [0.25, 0.3) is 0 Å². The van der Waals surface area contributed by atoms with Crippen molar-refractivity contribution in [1.29, 1.82) is 0 Å². The molecule has 1 saturated heterocycles. The monoisotopic (exact) mass is 838 g/mol. The Hall–Kier alpha value is -3.15. The first-order valence-electron chi connectivity index (χ1n) is 23.1. The average molecular weight is 838 g/mol. The van der Waals surface area contributed by atoms with Crippen molar-refractivity contribution in [3.05, 3.63) is 109 Å². The third-order valence-corrected chi connectivity index (χ3v) is 10.1. The molecule has 0 aromatic rings. The number of carbonyl (C=O) groups is 1. The van der Waals surface area contributed by atoms with E-state index in [0.29, 0.717) is 6.42 Å². The zero-order valence-corrected chi connectivity index (χ0v) is 37.2. The van der Waals surface area contributed by atoms with E-state index in [0.717, 1.165) is 103 Å². The summed E-state index contributed by atoms with van der Waals surface area (Å²) in [5.41, 5.74) is 0. The summed E-state index contributed by atoms with van der Waals surface area (Å²) in [6.45, 7) is 3.56. The molecule has 1 heterocycles. The third-order valence-electron chi connectivity index (χ3n) is 10.1. The zero-order chi connectivity index (χ0) is 43.7. The van der Waals surface area contributed by atoms with Crippen LogP contribution in [0.1, 0.15) is 149 Å². The maximum Gasteiger partial charge on any atom is 0.220 e. The summed E-state index contributed by atoms with van der Waals surface area (Å²) in [5, 5.41) is 54.0. The van der Waals surface area contributed by atoms with Crippen LogP contribution < -0.4 is 5.32 Å². The van der Waals surface area contributed by atoms with Gasteiger partial charge in [-0.05, 0) is 89.9 Å². The van der Waals surface area contributed by atoms with Crippen LogP contribution >= 0.6 is 0 Å². The molecule has 1 rings (SSSR count). The highest BCUT2D eigenvalue weighted by molar-refractivity contribution is 5.76. The van der Waals surface area contributed by atoms with Gasteiger partial charge in [0.1, 0.15) is 24.4 Å². The molecule has 1 amide bonds. The number of amides is 1. The Morgan fingerprint density at radius 3 is 1.60 bits per heavy atom. The lowest BCUT2D eigenvalue weighted by atomic mass is 9.99. The molecule has 7 unspecified atom stereocenters. The second-order valence-electron chi connectivity index (χ2n) is 15.5.